The van der Waals surface area contributed by atoms with Crippen molar-refractivity contribution < 1.29 is 9.47 Å². The van der Waals surface area contributed by atoms with Crippen LogP contribution < -0.4 is 15.4 Å². The molecule has 0 aromatic heterocycles. The molecule has 6 heteroatoms. The molecule has 1 fully saturated rings. The van der Waals surface area contributed by atoms with Crippen molar-refractivity contribution in [2.24, 2.45) is 4.99 Å². The molecule has 1 atom stereocenters. The summed E-state index contributed by atoms with van der Waals surface area (Å²) in [4.78, 5) is 4.63. The van der Waals surface area contributed by atoms with Gasteiger partial charge in [0.25, 0.3) is 0 Å². The van der Waals surface area contributed by atoms with Gasteiger partial charge in [-0.2, -0.15) is 0 Å². The van der Waals surface area contributed by atoms with Crippen LogP contribution in [0.5, 0.6) is 5.75 Å². The maximum Gasteiger partial charge on any atom is 0.191 e. The number of benzene rings is 1. The number of aliphatic imine (C=N–C) groups is 1. The van der Waals surface area contributed by atoms with Crippen molar-refractivity contribution >= 4 is 17.6 Å². The molecule has 1 heterocycles. The van der Waals surface area contributed by atoms with E-state index < -0.39 is 0 Å². The van der Waals surface area contributed by atoms with Crippen LogP contribution in [-0.4, -0.2) is 38.4 Å². The highest BCUT2D eigenvalue weighted by Gasteiger charge is 2.15. The van der Waals surface area contributed by atoms with Gasteiger partial charge in [-0.25, -0.2) is 4.99 Å². The van der Waals surface area contributed by atoms with E-state index in [1.165, 1.54) is 0 Å². The first-order valence-corrected chi connectivity index (χ1v) is 8.65. The Bertz CT molecular complexity index is 517. The van der Waals surface area contributed by atoms with Gasteiger partial charge >= 0.3 is 0 Å². The molecule has 2 rings (SSSR count). The summed E-state index contributed by atoms with van der Waals surface area (Å²) >= 11 is 6.03. The van der Waals surface area contributed by atoms with Crippen molar-refractivity contribution in [1.29, 1.82) is 0 Å². The minimum Gasteiger partial charge on any atom is -0.493 e. The summed E-state index contributed by atoms with van der Waals surface area (Å²) in [7, 11) is 0. The van der Waals surface area contributed by atoms with Gasteiger partial charge in [0.05, 0.1) is 19.3 Å². The van der Waals surface area contributed by atoms with Crippen molar-refractivity contribution in [3.8, 4) is 5.75 Å². The van der Waals surface area contributed by atoms with Crippen LogP contribution in [0.3, 0.4) is 0 Å². The number of guanidine groups is 1. The molecular weight excluding hydrogens is 314 g/mol. The van der Waals surface area contributed by atoms with Crippen LogP contribution >= 0.6 is 11.6 Å². The van der Waals surface area contributed by atoms with Crippen molar-refractivity contribution in [2.75, 3.05) is 26.3 Å². The Balaban J connectivity index is 1.98. The number of hydrogen-bond donors (Lipinski definition) is 2. The van der Waals surface area contributed by atoms with Gasteiger partial charge < -0.3 is 20.1 Å². The molecule has 1 unspecified atom stereocenters. The first-order valence-electron chi connectivity index (χ1n) is 8.28. The second kappa shape index (κ2) is 9.63. The molecule has 1 saturated heterocycles. The highest BCUT2D eigenvalue weighted by Crippen LogP contribution is 2.24. The third-order valence-corrected chi connectivity index (χ3v) is 3.84. The lowest BCUT2D eigenvalue weighted by atomic mass is 10.2. The predicted molar refractivity (Wildman–Crippen MR) is 94.4 cm³/mol. The SMILES string of the molecule is CCNC(=NCc1ccc(Cl)cc1OCC)NCC1CCCO1. The van der Waals surface area contributed by atoms with E-state index >= 15 is 0 Å². The van der Waals surface area contributed by atoms with E-state index in [0.717, 1.165) is 49.8 Å². The van der Waals surface area contributed by atoms with Gasteiger partial charge in [-0.15, -0.1) is 0 Å². The van der Waals surface area contributed by atoms with Gasteiger partial charge in [0.1, 0.15) is 5.75 Å². The normalized spacial score (nSPS) is 18.0. The number of rotatable bonds is 7. The number of hydrogen-bond acceptors (Lipinski definition) is 3. The van der Waals surface area contributed by atoms with E-state index in [9.17, 15) is 0 Å². The van der Waals surface area contributed by atoms with Crippen LogP contribution in [0.4, 0.5) is 0 Å². The molecule has 1 aromatic rings. The Morgan fingerprint density at radius 1 is 1.39 bits per heavy atom. The van der Waals surface area contributed by atoms with Crippen LogP contribution in [0.15, 0.2) is 23.2 Å². The third kappa shape index (κ3) is 5.92. The van der Waals surface area contributed by atoms with Crippen LogP contribution in [0, 0.1) is 0 Å². The van der Waals surface area contributed by atoms with Gasteiger partial charge in [-0.05, 0) is 38.8 Å². The maximum absolute atomic E-state index is 6.03. The molecule has 0 bridgehead atoms. The molecule has 0 aliphatic carbocycles. The van der Waals surface area contributed by atoms with Crippen molar-refractivity contribution in [2.45, 2.75) is 39.3 Å². The van der Waals surface area contributed by atoms with Gasteiger partial charge in [-0.3, -0.25) is 0 Å². The molecule has 5 nitrogen and oxygen atoms in total. The van der Waals surface area contributed by atoms with Crippen LogP contribution in [0.1, 0.15) is 32.3 Å². The van der Waals surface area contributed by atoms with Crippen LogP contribution in [0.2, 0.25) is 5.02 Å². The number of nitrogens with zero attached hydrogens (tertiary/aromatic N) is 1. The van der Waals surface area contributed by atoms with E-state index in [1.807, 2.05) is 25.1 Å². The Hall–Kier alpha value is -1.46. The first kappa shape index (κ1) is 17.9. The molecule has 2 N–H and O–H groups in total. The van der Waals surface area contributed by atoms with E-state index in [2.05, 4.69) is 22.5 Å². The first-order chi connectivity index (χ1) is 11.2. The predicted octanol–water partition coefficient (Wildman–Crippen LogP) is 2.97. The average Bonchev–Trinajstić information content (AvgIpc) is 3.05. The summed E-state index contributed by atoms with van der Waals surface area (Å²) in [5, 5.41) is 7.27. The van der Waals surface area contributed by atoms with E-state index in [1.54, 1.807) is 0 Å². The molecular formula is C17H26ClN3O2. The zero-order chi connectivity index (χ0) is 16.5. The highest BCUT2D eigenvalue weighted by molar-refractivity contribution is 6.30. The summed E-state index contributed by atoms with van der Waals surface area (Å²) in [6.07, 6.45) is 2.54. The topological polar surface area (TPSA) is 54.9 Å². The minimum absolute atomic E-state index is 0.286. The second-order valence-electron chi connectivity index (χ2n) is 5.40. The number of ether oxygens (including phenoxy) is 2. The molecule has 0 amide bonds. The van der Waals surface area contributed by atoms with E-state index in [0.29, 0.717) is 18.2 Å². The van der Waals surface area contributed by atoms with Crippen molar-refractivity contribution in [3.63, 3.8) is 0 Å². The van der Waals surface area contributed by atoms with Gasteiger partial charge in [0.2, 0.25) is 0 Å². The van der Waals surface area contributed by atoms with Crippen molar-refractivity contribution in [1.82, 2.24) is 10.6 Å². The Kier molecular flexibility index (Phi) is 7.49. The van der Waals surface area contributed by atoms with E-state index in [4.69, 9.17) is 21.1 Å². The molecule has 23 heavy (non-hydrogen) atoms. The summed E-state index contributed by atoms with van der Waals surface area (Å²) in [6.45, 7) is 7.61. The smallest absolute Gasteiger partial charge is 0.191 e. The lowest BCUT2D eigenvalue weighted by Gasteiger charge is -2.15. The molecule has 128 valence electrons. The molecule has 1 aliphatic heterocycles. The highest BCUT2D eigenvalue weighted by atomic mass is 35.5. The molecule has 1 aromatic carbocycles. The van der Waals surface area contributed by atoms with Gasteiger partial charge in [0, 0.05) is 30.3 Å². The molecule has 0 saturated carbocycles. The molecule has 0 spiro atoms. The second-order valence-corrected chi connectivity index (χ2v) is 5.83. The third-order valence-electron chi connectivity index (χ3n) is 3.60. The lowest BCUT2D eigenvalue weighted by molar-refractivity contribution is 0.114. The fraction of sp³-hybridized carbons (Fsp3) is 0.588. The maximum atomic E-state index is 6.03. The van der Waals surface area contributed by atoms with Crippen LogP contribution in [-0.2, 0) is 11.3 Å². The zero-order valence-electron chi connectivity index (χ0n) is 13.9. The van der Waals surface area contributed by atoms with Gasteiger partial charge in [-0.1, -0.05) is 17.7 Å². The molecule has 1 aliphatic rings. The summed E-state index contributed by atoms with van der Waals surface area (Å²) in [5.74, 6) is 1.58. The Morgan fingerprint density at radius 3 is 2.96 bits per heavy atom. The Labute approximate surface area is 143 Å². The monoisotopic (exact) mass is 339 g/mol. The van der Waals surface area contributed by atoms with E-state index in [-0.39, 0.29) is 6.10 Å². The fourth-order valence-corrected chi connectivity index (χ4v) is 2.63. The largest absolute Gasteiger partial charge is 0.493 e. The van der Waals surface area contributed by atoms with Gasteiger partial charge in [0.15, 0.2) is 5.96 Å². The summed E-state index contributed by atoms with van der Waals surface area (Å²) in [5.41, 5.74) is 1.02. The average molecular weight is 340 g/mol. The summed E-state index contributed by atoms with van der Waals surface area (Å²) < 4.78 is 11.3. The number of halogens is 1. The standard InChI is InChI=1S/C17H26ClN3O2/c1-3-19-17(21-12-15-6-5-9-23-15)20-11-13-7-8-14(18)10-16(13)22-4-2/h7-8,10,15H,3-6,9,11-12H2,1-2H3,(H2,19,20,21). The van der Waals surface area contributed by atoms with Crippen molar-refractivity contribution in [3.05, 3.63) is 28.8 Å². The quantitative estimate of drug-likeness (QED) is 0.592. The minimum atomic E-state index is 0.286. The fourth-order valence-electron chi connectivity index (χ4n) is 2.47. The zero-order valence-corrected chi connectivity index (χ0v) is 14.7. The molecule has 0 radical (unpaired) electrons. The van der Waals surface area contributed by atoms with Crippen LogP contribution in [0.25, 0.3) is 0 Å². The number of nitrogens with one attached hydrogen (secondary N) is 2. The summed E-state index contributed by atoms with van der Waals surface area (Å²) in [6, 6.07) is 5.66. The lowest BCUT2D eigenvalue weighted by Crippen LogP contribution is -2.41. The Morgan fingerprint density at radius 2 is 2.26 bits per heavy atom.